The molecule has 1 amide bonds. The second kappa shape index (κ2) is 8.15. The molecule has 2 aromatic heterocycles. The van der Waals surface area contributed by atoms with Crippen LogP contribution in [-0.4, -0.2) is 41.3 Å². The number of hydrogen-bond acceptors (Lipinski definition) is 5. The number of likely N-dealkylation sites (N-methyl/N-ethyl adjacent to an activating group) is 1. The summed E-state index contributed by atoms with van der Waals surface area (Å²) < 4.78 is 7.30. The summed E-state index contributed by atoms with van der Waals surface area (Å²) in [7, 11) is 3.54. The van der Waals surface area contributed by atoms with Crippen LogP contribution < -0.4 is 10.1 Å². The number of hydrogen-bond donors (Lipinski definition) is 1. The summed E-state index contributed by atoms with van der Waals surface area (Å²) in [4.78, 5) is 24.3. The minimum absolute atomic E-state index is 0.0608. The molecule has 7 heteroatoms. The van der Waals surface area contributed by atoms with Crippen LogP contribution in [0.25, 0.3) is 16.2 Å². The quantitative estimate of drug-likeness (QED) is 0.594. The highest BCUT2D eigenvalue weighted by Gasteiger charge is 2.33. The number of nitrogens with zero attached hydrogens (tertiary/aromatic N) is 3. The number of pyridine rings is 1. The third-order valence-corrected chi connectivity index (χ3v) is 6.65. The number of carbonyl (C=O) groups excluding carboxylic acids is 1. The average molecular weight is 435 g/mol. The fourth-order valence-corrected chi connectivity index (χ4v) is 4.86. The number of thiophene rings is 1. The van der Waals surface area contributed by atoms with Crippen molar-refractivity contribution in [1.29, 1.82) is 0 Å². The van der Waals surface area contributed by atoms with E-state index in [0.717, 1.165) is 11.4 Å². The molecule has 0 aliphatic carbocycles. The number of aromatic nitrogens is 1. The van der Waals surface area contributed by atoms with E-state index >= 15 is 0 Å². The number of aryl methyl sites for hydroxylation is 1. The van der Waals surface area contributed by atoms with E-state index in [1.54, 1.807) is 41.6 Å². The minimum Gasteiger partial charge on any atom is -0.476 e. The van der Waals surface area contributed by atoms with Gasteiger partial charge in [0.25, 0.3) is 0 Å². The van der Waals surface area contributed by atoms with Crippen molar-refractivity contribution in [3.8, 4) is 5.75 Å². The highest BCUT2D eigenvalue weighted by molar-refractivity contribution is 7.19. The molecule has 6 nitrogen and oxygen atoms in total. The third kappa shape index (κ3) is 4.18. The van der Waals surface area contributed by atoms with Crippen LogP contribution in [0, 0.1) is 6.92 Å². The molecule has 0 saturated carbocycles. The second-order valence-electron chi connectivity index (χ2n) is 8.10. The van der Waals surface area contributed by atoms with Crippen molar-refractivity contribution >= 4 is 45.1 Å². The molecule has 0 atom stereocenters. The maximum atomic E-state index is 12.7. The van der Waals surface area contributed by atoms with Gasteiger partial charge in [0.15, 0.2) is 17.2 Å². The van der Waals surface area contributed by atoms with E-state index in [0.29, 0.717) is 18.1 Å². The van der Waals surface area contributed by atoms with Gasteiger partial charge in [-0.05, 0) is 55.5 Å². The van der Waals surface area contributed by atoms with Gasteiger partial charge >= 0.3 is 0 Å². The Bertz CT molecular complexity index is 1210. The molecule has 0 bridgehead atoms. The molecule has 3 aromatic rings. The van der Waals surface area contributed by atoms with Crippen LogP contribution in [0.5, 0.6) is 5.75 Å². The topological polar surface area (TPSA) is 66.8 Å². The minimum atomic E-state index is -0.566. The van der Waals surface area contributed by atoms with E-state index in [-0.39, 0.29) is 5.91 Å². The molecule has 0 spiro atoms. The van der Waals surface area contributed by atoms with Crippen molar-refractivity contribution in [2.75, 3.05) is 19.4 Å². The van der Waals surface area contributed by atoms with E-state index in [4.69, 9.17) is 4.74 Å². The van der Waals surface area contributed by atoms with Crippen LogP contribution in [0.15, 0.2) is 47.6 Å². The molecule has 1 N–H and O–H groups in total. The van der Waals surface area contributed by atoms with Gasteiger partial charge < -0.3 is 15.0 Å². The Kier molecular flexibility index (Phi) is 5.54. The van der Waals surface area contributed by atoms with Crippen LogP contribution >= 0.6 is 11.3 Å². The maximum Gasteiger partial charge on any atom is 0.246 e. The van der Waals surface area contributed by atoms with Crippen molar-refractivity contribution in [3.63, 3.8) is 0 Å². The molecule has 3 heterocycles. The van der Waals surface area contributed by atoms with E-state index in [1.165, 1.54) is 20.5 Å². The number of fused-ring (bicyclic) bond motifs is 2. The first-order valence-corrected chi connectivity index (χ1v) is 10.9. The predicted molar refractivity (Wildman–Crippen MR) is 128 cm³/mol. The molecule has 1 aliphatic rings. The summed E-state index contributed by atoms with van der Waals surface area (Å²) >= 11 is 1.74. The molecular formula is C24H26N4O2S. The monoisotopic (exact) mass is 434 g/mol. The Hall–Kier alpha value is -3.19. The van der Waals surface area contributed by atoms with Crippen LogP contribution in [0.1, 0.15) is 29.9 Å². The van der Waals surface area contributed by atoms with Gasteiger partial charge in [0.2, 0.25) is 5.91 Å². The van der Waals surface area contributed by atoms with Gasteiger partial charge in [0, 0.05) is 35.9 Å². The summed E-state index contributed by atoms with van der Waals surface area (Å²) in [5, 5.41) is 4.46. The average Bonchev–Trinajstić information content (AvgIpc) is 3.06. The highest BCUT2D eigenvalue weighted by atomic mass is 32.1. The number of rotatable bonds is 4. The largest absolute Gasteiger partial charge is 0.476 e. The van der Waals surface area contributed by atoms with E-state index < -0.39 is 5.60 Å². The zero-order valence-electron chi connectivity index (χ0n) is 18.4. The Morgan fingerprint density at radius 1 is 1.35 bits per heavy atom. The SMILES string of the molecule is CN=C1Nc2ncc(/C=C/C(=O)N(C)Cc3sc4ccccc4c3C)cc2OC1(C)C. The lowest BCUT2D eigenvalue weighted by Gasteiger charge is -2.33. The zero-order chi connectivity index (χ0) is 22.2. The highest BCUT2D eigenvalue weighted by Crippen LogP contribution is 2.33. The summed E-state index contributed by atoms with van der Waals surface area (Å²) in [6.45, 7) is 6.59. The van der Waals surface area contributed by atoms with Gasteiger partial charge in [0.1, 0.15) is 5.84 Å². The Labute approximate surface area is 186 Å². The first-order chi connectivity index (χ1) is 14.8. The van der Waals surface area contributed by atoms with Gasteiger partial charge in [-0.1, -0.05) is 18.2 Å². The molecular weight excluding hydrogens is 408 g/mol. The number of anilines is 1. The lowest BCUT2D eigenvalue weighted by atomic mass is 10.1. The van der Waals surface area contributed by atoms with Gasteiger partial charge in [0.05, 0.1) is 6.54 Å². The van der Waals surface area contributed by atoms with Crippen LogP contribution in [0.2, 0.25) is 0 Å². The van der Waals surface area contributed by atoms with Crippen molar-refractivity contribution in [2.24, 2.45) is 4.99 Å². The van der Waals surface area contributed by atoms with Gasteiger partial charge in [-0.25, -0.2) is 4.98 Å². The van der Waals surface area contributed by atoms with Gasteiger partial charge in [-0.2, -0.15) is 0 Å². The number of nitrogens with one attached hydrogen (secondary N) is 1. The summed E-state index contributed by atoms with van der Waals surface area (Å²) in [5.74, 6) is 1.93. The number of amidine groups is 1. The van der Waals surface area contributed by atoms with Crippen molar-refractivity contribution < 1.29 is 9.53 Å². The van der Waals surface area contributed by atoms with Crippen LogP contribution in [0.3, 0.4) is 0 Å². The van der Waals surface area contributed by atoms with Crippen molar-refractivity contribution in [3.05, 3.63) is 58.6 Å². The second-order valence-corrected chi connectivity index (χ2v) is 9.24. The standard InChI is InChI=1S/C24H26N4O2S/c1-15-17-8-6-7-9-19(17)31-20(15)14-28(5)21(29)11-10-16-12-18-22(26-13-16)27-23(25-4)24(2,3)30-18/h6-13H,14H2,1-5H3,(H,25,26,27)/b11-10+. The smallest absolute Gasteiger partial charge is 0.246 e. The number of carbonyl (C=O) groups is 1. The fourth-order valence-electron chi connectivity index (χ4n) is 3.60. The molecule has 4 rings (SSSR count). The lowest BCUT2D eigenvalue weighted by molar-refractivity contribution is -0.125. The Balaban J connectivity index is 1.47. The number of benzene rings is 1. The fraction of sp³-hybridized carbons (Fsp3) is 0.292. The number of amides is 1. The van der Waals surface area contributed by atoms with Crippen LogP contribution in [-0.2, 0) is 11.3 Å². The zero-order valence-corrected chi connectivity index (χ0v) is 19.2. The molecule has 0 saturated heterocycles. The molecule has 31 heavy (non-hydrogen) atoms. The summed E-state index contributed by atoms with van der Waals surface area (Å²) in [5.41, 5.74) is 1.47. The first kappa shape index (κ1) is 21.1. The molecule has 0 fully saturated rings. The summed E-state index contributed by atoms with van der Waals surface area (Å²) in [6.07, 6.45) is 5.05. The Morgan fingerprint density at radius 3 is 2.87 bits per heavy atom. The molecule has 160 valence electrons. The number of aliphatic imine (C=N–C) groups is 1. The lowest BCUT2D eigenvalue weighted by Crippen LogP contribution is -2.46. The molecule has 0 unspecified atom stereocenters. The maximum absolute atomic E-state index is 12.7. The van der Waals surface area contributed by atoms with E-state index in [1.807, 2.05) is 39.1 Å². The Morgan fingerprint density at radius 2 is 2.13 bits per heavy atom. The van der Waals surface area contributed by atoms with E-state index in [9.17, 15) is 4.79 Å². The first-order valence-electron chi connectivity index (χ1n) is 10.1. The van der Waals surface area contributed by atoms with Crippen LogP contribution in [0.4, 0.5) is 5.82 Å². The molecule has 1 aliphatic heterocycles. The molecule has 0 radical (unpaired) electrons. The number of ether oxygens (including phenoxy) is 1. The van der Waals surface area contributed by atoms with Gasteiger partial charge in [-0.3, -0.25) is 9.79 Å². The van der Waals surface area contributed by atoms with Gasteiger partial charge in [-0.15, -0.1) is 11.3 Å². The van der Waals surface area contributed by atoms with Crippen molar-refractivity contribution in [1.82, 2.24) is 9.88 Å². The predicted octanol–water partition coefficient (Wildman–Crippen LogP) is 4.89. The molecule has 1 aromatic carbocycles. The van der Waals surface area contributed by atoms with Crippen molar-refractivity contribution in [2.45, 2.75) is 32.9 Å². The summed E-state index contributed by atoms with van der Waals surface area (Å²) in [6, 6.07) is 10.2. The third-order valence-electron chi connectivity index (χ3n) is 5.39. The normalized spacial score (nSPS) is 16.2. The van der Waals surface area contributed by atoms with E-state index in [2.05, 4.69) is 34.3 Å².